The molecule has 0 aliphatic rings. The number of ether oxygens (including phenoxy) is 2. The van der Waals surface area contributed by atoms with E-state index in [9.17, 15) is 9.59 Å². The third kappa shape index (κ3) is 6.44. The highest BCUT2D eigenvalue weighted by atomic mass is 35.5. The van der Waals surface area contributed by atoms with Gasteiger partial charge < -0.3 is 20.1 Å². The molecular formula is C24H22ClN3O4S. The minimum atomic E-state index is -0.363. The van der Waals surface area contributed by atoms with E-state index in [-0.39, 0.29) is 16.9 Å². The first-order valence-electron chi connectivity index (χ1n) is 10.0. The molecule has 3 N–H and O–H groups in total. The molecule has 7 nitrogen and oxygen atoms in total. The average Bonchev–Trinajstić information content (AvgIpc) is 2.80. The highest BCUT2D eigenvalue weighted by molar-refractivity contribution is 7.80. The molecule has 9 heteroatoms. The number of anilines is 2. The van der Waals surface area contributed by atoms with Crippen molar-refractivity contribution in [1.82, 2.24) is 5.32 Å². The molecule has 0 heterocycles. The van der Waals surface area contributed by atoms with Gasteiger partial charge in [0.25, 0.3) is 11.8 Å². The van der Waals surface area contributed by atoms with Crippen LogP contribution in [0.3, 0.4) is 0 Å². The fraction of sp³-hybridized carbons (Fsp3) is 0.125. The molecule has 0 fully saturated rings. The van der Waals surface area contributed by atoms with Crippen molar-refractivity contribution in [3.63, 3.8) is 0 Å². The molecule has 0 saturated heterocycles. The molecule has 0 atom stereocenters. The molecule has 0 spiro atoms. The van der Waals surface area contributed by atoms with Crippen molar-refractivity contribution in [3.05, 3.63) is 82.9 Å². The van der Waals surface area contributed by atoms with Gasteiger partial charge in [-0.1, -0.05) is 23.7 Å². The largest absolute Gasteiger partial charge is 0.494 e. The zero-order valence-corrected chi connectivity index (χ0v) is 19.5. The van der Waals surface area contributed by atoms with Gasteiger partial charge in [0, 0.05) is 17.3 Å². The van der Waals surface area contributed by atoms with Crippen LogP contribution in [0.25, 0.3) is 0 Å². The van der Waals surface area contributed by atoms with E-state index < -0.39 is 0 Å². The minimum absolute atomic E-state index is 0.115. The van der Waals surface area contributed by atoms with Gasteiger partial charge in [-0.25, -0.2) is 0 Å². The summed E-state index contributed by atoms with van der Waals surface area (Å²) >= 11 is 11.3. The van der Waals surface area contributed by atoms with Crippen molar-refractivity contribution in [2.45, 2.75) is 6.92 Å². The Bertz CT molecular complexity index is 1170. The molecule has 170 valence electrons. The molecule has 0 aliphatic carbocycles. The van der Waals surface area contributed by atoms with Crippen LogP contribution in [-0.2, 0) is 0 Å². The van der Waals surface area contributed by atoms with Crippen LogP contribution in [0.5, 0.6) is 11.5 Å². The van der Waals surface area contributed by atoms with Gasteiger partial charge in [-0.05, 0) is 67.7 Å². The number of methoxy groups -OCH3 is 1. The Balaban J connectivity index is 1.64. The van der Waals surface area contributed by atoms with Crippen LogP contribution in [0.2, 0.25) is 5.02 Å². The van der Waals surface area contributed by atoms with Crippen LogP contribution in [0, 0.1) is 0 Å². The first-order chi connectivity index (χ1) is 15.9. The molecule has 0 saturated carbocycles. The third-order valence-corrected chi connectivity index (χ3v) is 5.01. The lowest BCUT2D eigenvalue weighted by Gasteiger charge is -2.14. The maximum atomic E-state index is 12.5. The normalized spacial score (nSPS) is 10.2. The van der Waals surface area contributed by atoms with Crippen molar-refractivity contribution >= 4 is 52.1 Å². The lowest BCUT2D eigenvalue weighted by atomic mass is 10.2. The summed E-state index contributed by atoms with van der Waals surface area (Å²) in [5.74, 6) is 0.369. The van der Waals surface area contributed by atoms with Crippen molar-refractivity contribution in [3.8, 4) is 11.5 Å². The molecule has 0 aliphatic heterocycles. The fourth-order valence-corrected chi connectivity index (χ4v) is 3.35. The molecule has 0 bridgehead atoms. The highest BCUT2D eigenvalue weighted by Gasteiger charge is 2.14. The van der Waals surface area contributed by atoms with Gasteiger partial charge in [0.05, 0.1) is 30.0 Å². The summed E-state index contributed by atoms with van der Waals surface area (Å²) in [6, 6.07) is 18.5. The van der Waals surface area contributed by atoms with Crippen molar-refractivity contribution in [2.24, 2.45) is 0 Å². The predicted molar refractivity (Wildman–Crippen MR) is 134 cm³/mol. The molecule has 3 aromatic carbocycles. The van der Waals surface area contributed by atoms with Crippen molar-refractivity contribution < 1.29 is 19.1 Å². The summed E-state index contributed by atoms with van der Waals surface area (Å²) in [6.07, 6.45) is 0. The SMILES string of the molecule is CCOc1ccc(C(=O)NC(=S)Nc2ccc(NC(=O)c3ccccc3Cl)c(OC)c2)cc1. The van der Waals surface area contributed by atoms with Crippen LogP contribution in [-0.4, -0.2) is 30.6 Å². The van der Waals surface area contributed by atoms with Gasteiger partial charge in [0.1, 0.15) is 11.5 Å². The maximum absolute atomic E-state index is 12.5. The second-order valence-corrected chi connectivity index (χ2v) is 7.53. The van der Waals surface area contributed by atoms with Gasteiger partial charge >= 0.3 is 0 Å². The standard InChI is InChI=1S/C24H22ClN3O4S/c1-3-32-17-11-8-15(9-12-17)22(29)28-24(33)26-16-10-13-20(21(14-16)31-2)27-23(30)18-6-4-5-7-19(18)25/h4-14H,3H2,1-2H3,(H,27,30)(H2,26,28,29,33). The van der Waals surface area contributed by atoms with Gasteiger partial charge in [-0.2, -0.15) is 0 Å². The van der Waals surface area contributed by atoms with E-state index in [4.69, 9.17) is 33.3 Å². The Morgan fingerprint density at radius 3 is 2.36 bits per heavy atom. The number of rotatable bonds is 7. The molecular weight excluding hydrogens is 462 g/mol. The summed E-state index contributed by atoms with van der Waals surface area (Å²) in [7, 11) is 1.48. The number of carbonyl (C=O) groups excluding carboxylic acids is 2. The summed E-state index contributed by atoms with van der Waals surface area (Å²) < 4.78 is 10.8. The summed E-state index contributed by atoms with van der Waals surface area (Å²) in [5, 5.41) is 8.79. The fourth-order valence-electron chi connectivity index (χ4n) is 2.91. The number of halogens is 1. The number of carbonyl (C=O) groups is 2. The van der Waals surface area contributed by atoms with Crippen LogP contribution in [0.1, 0.15) is 27.6 Å². The second kappa shape index (κ2) is 11.3. The van der Waals surface area contributed by atoms with Crippen LogP contribution >= 0.6 is 23.8 Å². The van der Waals surface area contributed by atoms with Crippen LogP contribution < -0.4 is 25.4 Å². The van der Waals surface area contributed by atoms with Crippen molar-refractivity contribution in [1.29, 1.82) is 0 Å². The Labute approximate surface area is 202 Å². The molecule has 2 amide bonds. The molecule has 0 aromatic heterocycles. The van der Waals surface area contributed by atoms with Gasteiger partial charge in [0.2, 0.25) is 0 Å². The number of nitrogens with one attached hydrogen (secondary N) is 3. The van der Waals surface area contributed by atoms with Crippen LogP contribution in [0.4, 0.5) is 11.4 Å². The van der Waals surface area contributed by atoms with E-state index in [1.807, 2.05) is 6.92 Å². The Morgan fingerprint density at radius 2 is 1.70 bits per heavy atom. The summed E-state index contributed by atoms with van der Waals surface area (Å²) in [4.78, 5) is 24.9. The number of hydrogen-bond acceptors (Lipinski definition) is 5. The van der Waals surface area contributed by atoms with Gasteiger partial charge in [-0.3, -0.25) is 14.9 Å². The molecule has 0 radical (unpaired) electrons. The van der Waals surface area contributed by atoms with Gasteiger partial charge in [-0.15, -0.1) is 0 Å². The summed E-state index contributed by atoms with van der Waals surface area (Å²) in [6.45, 7) is 2.44. The Kier molecular flexibility index (Phi) is 8.23. The number of benzene rings is 3. The second-order valence-electron chi connectivity index (χ2n) is 6.71. The van der Waals surface area contributed by atoms with E-state index in [2.05, 4.69) is 16.0 Å². The van der Waals surface area contributed by atoms with Crippen LogP contribution in [0.15, 0.2) is 66.7 Å². The molecule has 0 unspecified atom stereocenters. The third-order valence-electron chi connectivity index (χ3n) is 4.48. The van der Waals surface area contributed by atoms with E-state index in [1.54, 1.807) is 66.7 Å². The first-order valence-corrected chi connectivity index (χ1v) is 10.8. The van der Waals surface area contributed by atoms with E-state index in [0.717, 1.165) is 0 Å². The Morgan fingerprint density at radius 1 is 0.970 bits per heavy atom. The predicted octanol–water partition coefficient (Wildman–Crippen LogP) is 5.13. The molecule has 33 heavy (non-hydrogen) atoms. The van der Waals surface area contributed by atoms with E-state index in [0.29, 0.717) is 45.6 Å². The monoisotopic (exact) mass is 483 g/mol. The summed E-state index contributed by atoms with van der Waals surface area (Å²) in [5.41, 5.74) is 1.82. The zero-order valence-electron chi connectivity index (χ0n) is 18.0. The molecule has 3 aromatic rings. The maximum Gasteiger partial charge on any atom is 0.257 e. The molecule has 3 rings (SSSR count). The highest BCUT2D eigenvalue weighted by Crippen LogP contribution is 2.29. The smallest absolute Gasteiger partial charge is 0.257 e. The average molecular weight is 484 g/mol. The Hall–Kier alpha value is -3.62. The zero-order chi connectivity index (χ0) is 23.8. The van der Waals surface area contributed by atoms with E-state index >= 15 is 0 Å². The first kappa shape index (κ1) is 24.0. The topological polar surface area (TPSA) is 88.7 Å². The number of hydrogen-bond donors (Lipinski definition) is 3. The number of amides is 2. The number of thiocarbonyl (C=S) groups is 1. The lowest BCUT2D eigenvalue weighted by molar-refractivity contribution is 0.0976. The quantitative estimate of drug-likeness (QED) is 0.404. The van der Waals surface area contributed by atoms with Gasteiger partial charge in [0.15, 0.2) is 5.11 Å². The minimum Gasteiger partial charge on any atom is -0.494 e. The van der Waals surface area contributed by atoms with Crippen molar-refractivity contribution in [2.75, 3.05) is 24.4 Å². The lowest BCUT2D eigenvalue weighted by Crippen LogP contribution is -2.34. The van der Waals surface area contributed by atoms with E-state index in [1.165, 1.54) is 7.11 Å².